The van der Waals surface area contributed by atoms with Crippen molar-refractivity contribution in [3.8, 4) is 0 Å². The standard InChI is InChI=1S/C14H20N2O4/c1-3-18-13(17)11-8-19-14(15-11)16-6-9(2)20-12(7-16)10-4-5-10/h8-10,12H,3-7H2,1-2H3/t9-,12-/m1/s1. The number of oxazole rings is 1. The van der Waals surface area contributed by atoms with Crippen molar-refractivity contribution in [2.75, 3.05) is 24.6 Å². The molecule has 1 aliphatic heterocycles. The molecule has 20 heavy (non-hydrogen) atoms. The van der Waals surface area contributed by atoms with E-state index in [1.54, 1.807) is 6.92 Å². The molecule has 3 rings (SSSR count). The quantitative estimate of drug-likeness (QED) is 0.784. The van der Waals surface area contributed by atoms with Crippen LogP contribution in [0.1, 0.15) is 37.2 Å². The lowest BCUT2D eigenvalue weighted by Gasteiger charge is -2.36. The zero-order valence-electron chi connectivity index (χ0n) is 11.9. The summed E-state index contributed by atoms with van der Waals surface area (Å²) in [6.45, 7) is 5.66. The van der Waals surface area contributed by atoms with Crippen LogP contribution in [-0.4, -0.2) is 42.9 Å². The van der Waals surface area contributed by atoms with Gasteiger partial charge in [0.25, 0.3) is 6.01 Å². The largest absolute Gasteiger partial charge is 0.461 e. The molecule has 2 fully saturated rings. The maximum atomic E-state index is 11.6. The fourth-order valence-corrected chi connectivity index (χ4v) is 2.58. The van der Waals surface area contributed by atoms with Crippen LogP contribution in [0.4, 0.5) is 6.01 Å². The fourth-order valence-electron chi connectivity index (χ4n) is 2.58. The Morgan fingerprint density at radius 3 is 3.00 bits per heavy atom. The highest BCUT2D eigenvalue weighted by Crippen LogP contribution is 2.37. The number of morpholine rings is 1. The van der Waals surface area contributed by atoms with E-state index in [0.717, 1.165) is 13.1 Å². The molecule has 0 amide bonds. The van der Waals surface area contributed by atoms with Crippen LogP contribution in [0.15, 0.2) is 10.7 Å². The summed E-state index contributed by atoms with van der Waals surface area (Å²) in [5, 5.41) is 0. The molecular formula is C14H20N2O4. The molecule has 6 heteroatoms. The first-order valence-corrected chi connectivity index (χ1v) is 7.20. The molecule has 0 bridgehead atoms. The van der Waals surface area contributed by atoms with Crippen LogP contribution in [0.25, 0.3) is 0 Å². The molecule has 2 aliphatic rings. The van der Waals surface area contributed by atoms with Gasteiger partial charge in [0, 0.05) is 13.1 Å². The van der Waals surface area contributed by atoms with Crippen LogP contribution in [-0.2, 0) is 9.47 Å². The van der Waals surface area contributed by atoms with Gasteiger partial charge in [-0.3, -0.25) is 0 Å². The second-order valence-electron chi connectivity index (χ2n) is 5.46. The van der Waals surface area contributed by atoms with Gasteiger partial charge in [0.1, 0.15) is 6.26 Å². The summed E-state index contributed by atoms with van der Waals surface area (Å²) in [5.74, 6) is 0.224. The Bertz CT molecular complexity index is 483. The summed E-state index contributed by atoms with van der Waals surface area (Å²) in [6.07, 6.45) is 4.24. The van der Waals surface area contributed by atoms with E-state index in [2.05, 4.69) is 16.8 Å². The minimum absolute atomic E-state index is 0.146. The van der Waals surface area contributed by atoms with Gasteiger partial charge in [0.15, 0.2) is 5.69 Å². The summed E-state index contributed by atoms with van der Waals surface area (Å²) in [4.78, 5) is 17.9. The third-order valence-electron chi connectivity index (χ3n) is 3.68. The molecule has 1 saturated carbocycles. The Hall–Kier alpha value is -1.56. The van der Waals surface area contributed by atoms with Gasteiger partial charge in [-0.15, -0.1) is 0 Å². The molecular weight excluding hydrogens is 260 g/mol. The third-order valence-corrected chi connectivity index (χ3v) is 3.68. The lowest BCUT2D eigenvalue weighted by molar-refractivity contribution is -0.0284. The molecule has 0 radical (unpaired) electrons. The van der Waals surface area contributed by atoms with E-state index in [-0.39, 0.29) is 17.9 Å². The van der Waals surface area contributed by atoms with E-state index < -0.39 is 5.97 Å². The first-order chi connectivity index (χ1) is 9.67. The minimum Gasteiger partial charge on any atom is -0.461 e. The topological polar surface area (TPSA) is 64.8 Å². The van der Waals surface area contributed by atoms with Crippen LogP contribution in [0, 0.1) is 5.92 Å². The Labute approximate surface area is 118 Å². The van der Waals surface area contributed by atoms with E-state index in [9.17, 15) is 4.79 Å². The molecule has 2 heterocycles. The molecule has 1 aliphatic carbocycles. The Balaban J connectivity index is 1.69. The molecule has 0 aromatic carbocycles. The van der Waals surface area contributed by atoms with Crippen molar-refractivity contribution in [2.45, 2.75) is 38.9 Å². The first-order valence-electron chi connectivity index (χ1n) is 7.20. The van der Waals surface area contributed by atoms with Crippen LogP contribution >= 0.6 is 0 Å². The number of anilines is 1. The van der Waals surface area contributed by atoms with E-state index in [4.69, 9.17) is 13.9 Å². The number of nitrogens with zero attached hydrogens (tertiary/aromatic N) is 2. The molecule has 6 nitrogen and oxygen atoms in total. The maximum Gasteiger partial charge on any atom is 0.360 e. The second-order valence-corrected chi connectivity index (χ2v) is 5.46. The van der Waals surface area contributed by atoms with Gasteiger partial charge in [-0.1, -0.05) is 0 Å². The number of aromatic nitrogens is 1. The van der Waals surface area contributed by atoms with Crippen LogP contribution < -0.4 is 4.90 Å². The summed E-state index contributed by atoms with van der Waals surface area (Å²) in [7, 11) is 0. The van der Waals surface area contributed by atoms with Crippen LogP contribution in [0.5, 0.6) is 0 Å². The Kier molecular flexibility index (Phi) is 3.65. The van der Waals surface area contributed by atoms with Crippen molar-refractivity contribution < 1.29 is 18.7 Å². The monoisotopic (exact) mass is 280 g/mol. The van der Waals surface area contributed by atoms with Gasteiger partial charge < -0.3 is 18.8 Å². The number of rotatable bonds is 4. The molecule has 110 valence electrons. The van der Waals surface area contributed by atoms with Crippen molar-refractivity contribution in [2.24, 2.45) is 5.92 Å². The van der Waals surface area contributed by atoms with Crippen LogP contribution in [0.3, 0.4) is 0 Å². The molecule has 1 aromatic rings. The summed E-state index contributed by atoms with van der Waals surface area (Å²) in [5.41, 5.74) is 0.226. The number of carbonyl (C=O) groups is 1. The summed E-state index contributed by atoms with van der Waals surface area (Å²) < 4.78 is 16.3. The zero-order chi connectivity index (χ0) is 14.1. The average molecular weight is 280 g/mol. The van der Waals surface area contributed by atoms with E-state index >= 15 is 0 Å². The molecule has 2 atom stereocenters. The SMILES string of the molecule is CCOC(=O)c1coc(N2C[C@@H](C)O[C@@H](C3CC3)C2)n1. The van der Waals surface area contributed by atoms with Gasteiger partial charge >= 0.3 is 5.97 Å². The van der Waals surface area contributed by atoms with Crippen molar-refractivity contribution >= 4 is 12.0 Å². The minimum atomic E-state index is -0.442. The molecule has 0 N–H and O–H groups in total. The van der Waals surface area contributed by atoms with Crippen LogP contribution in [0.2, 0.25) is 0 Å². The number of carbonyl (C=O) groups excluding carboxylic acids is 1. The Morgan fingerprint density at radius 1 is 1.50 bits per heavy atom. The average Bonchev–Trinajstić information content (AvgIpc) is 3.15. The molecule has 0 unspecified atom stereocenters. The van der Waals surface area contributed by atoms with Crippen molar-refractivity contribution in [3.63, 3.8) is 0 Å². The van der Waals surface area contributed by atoms with Gasteiger partial charge in [-0.05, 0) is 32.6 Å². The van der Waals surface area contributed by atoms with E-state index in [0.29, 0.717) is 18.5 Å². The number of esters is 1. The summed E-state index contributed by atoms with van der Waals surface area (Å²) in [6, 6.07) is 0.480. The van der Waals surface area contributed by atoms with Gasteiger partial charge in [0.2, 0.25) is 0 Å². The van der Waals surface area contributed by atoms with Gasteiger partial charge in [-0.2, -0.15) is 4.98 Å². The lowest BCUT2D eigenvalue weighted by atomic mass is 10.1. The molecule has 0 spiro atoms. The predicted octanol–water partition coefficient (Wildman–Crippen LogP) is 1.85. The summed E-state index contributed by atoms with van der Waals surface area (Å²) >= 11 is 0. The highest BCUT2D eigenvalue weighted by Gasteiger charge is 2.38. The van der Waals surface area contributed by atoms with E-state index in [1.807, 2.05) is 0 Å². The van der Waals surface area contributed by atoms with Crippen molar-refractivity contribution in [1.29, 1.82) is 0 Å². The highest BCUT2D eigenvalue weighted by atomic mass is 16.5. The van der Waals surface area contributed by atoms with Gasteiger partial charge in [-0.25, -0.2) is 4.79 Å². The second kappa shape index (κ2) is 5.44. The number of hydrogen-bond donors (Lipinski definition) is 0. The first kappa shape index (κ1) is 13.4. The normalized spacial score (nSPS) is 26.6. The number of hydrogen-bond acceptors (Lipinski definition) is 6. The predicted molar refractivity (Wildman–Crippen MR) is 71.7 cm³/mol. The Morgan fingerprint density at radius 2 is 2.30 bits per heavy atom. The molecule has 1 aromatic heterocycles. The van der Waals surface area contributed by atoms with Crippen molar-refractivity contribution in [1.82, 2.24) is 4.98 Å². The van der Waals surface area contributed by atoms with Gasteiger partial charge in [0.05, 0.1) is 18.8 Å². The zero-order valence-corrected chi connectivity index (χ0v) is 11.9. The van der Waals surface area contributed by atoms with E-state index in [1.165, 1.54) is 19.1 Å². The fraction of sp³-hybridized carbons (Fsp3) is 0.714. The molecule has 1 saturated heterocycles. The number of ether oxygens (including phenoxy) is 2. The maximum absolute atomic E-state index is 11.6. The highest BCUT2D eigenvalue weighted by molar-refractivity contribution is 5.87. The van der Waals surface area contributed by atoms with Crippen molar-refractivity contribution in [3.05, 3.63) is 12.0 Å². The smallest absolute Gasteiger partial charge is 0.360 e. The lowest BCUT2D eigenvalue weighted by Crippen LogP contribution is -2.47. The third kappa shape index (κ3) is 2.80.